The highest BCUT2D eigenvalue weighted by Gasteiger charge is 2.13. The van der Waals surface area contributed by atoms with E-state index < -0.39 is 0 Å². The van der Waals surface area contributed by atoms with Crippen LogP contribution in [0.2, 0.25) is 0 Å². The van der Waals surface area contributed by atoms with Gasteiger partial charge in [-0.05, 0) is 40.9 Å². The van der Waals surface area contributed by atoms with Crippen molar-refractivity contribution in [3.05, 3.63) is 28.2 Å². The molecule has 0 aromatic heterocycles. The zero-order valence-corrected chi connectivity index (χ0v) is 14.1. The standard InChI is InChI=1S/C15H23BrN2S/c1-3-5-8-11(7-4-2)18-13-10-6-9-12(16)14(13)15(17)19/h6,9-11,18H,3-5,7-8H2,1-2H3,(H2,17,19). The van der Waals surface area contributed by atoms with Gasteiger partial charge in [-0.1, -0.05) is 51.4 Å². The maximum atomic E-state index is 5.83. The summed E-state index contributed by atoms with van der Waals surface area (Å²) in [7, 11) is 0. The number of rotatable bonds is 8. The molecule has 0 aliphatic carbocycles. The predicted octanol–water partition coefficient (Wildman–Crippen LogP) is 4.85. The lowest BCUT2D eigenvalue weighted by atomic mass is 10.0. The fourth-order valence-electron chi connectivity index (χ4n) is 2.20. The van der Waals surface area contributed by atoms with Crippen molar-refractivity contribution in [3.63, 3.8) is 0 Å². The van der Waals surface area contributed by atoms with Gasteiger partial charge in [-0.25, -0.2) is 0 Å². The minimum atomic E-state index is 0.431. The van der Waals surface area contributed by atoms with Gasteiger partial charge in [0.05, 0.1) is 0 Å². The van der Waals surface area contributed by atoms with Crippen molar-refractivity contribution < 1.29 is 0 Å². The SMILES string of the molecule is CCCCC(CCC)Nc1cccc(Br)c1C(N)=S. The molecule has 106 valence electrons. The van der Waals surface area contributed by atoms with Crippen LogP contribution in [0.25, 0.3) is 0 Å². The smallest absolute Gasteiger partial charge is 0.107 e. The molecule has 0 amide bonds. The largest absolute Gasteiger partial charge is 0.389 e. The van der Waals surface area contributed by atoms with E-state index in [1.807, 2.05) is 18.2 Å². The summed E-state index contributed by atoms with van der Waals surface area (Å²) in [6.45, 7) is 4.44. The molecule has 0 spiro atoms. The number of thiocarbonyl (C=S) groups is 1. The second-order valence-electron chi connectivity index (χ2n) is 4.80. The Morgan fingerprint density at radius 2 is 2.05 bits per heavy atom. The Bertz CT molecular complexity index is 421. The Morgan fingerprint density at radius 1 is 1.32 bits per heavy atom. The molecule has 0 saturated carbocycles. The third-order valence-electron chi connectivity index (χ3n) is 3.16. The topological polar surface area (TPSA) is 38.0 Å². The molecule has 2 nitrogen and oxygen atoms in total. The number of benzene rings is 1. The number of hydrogen-bond donors (Lipinski definition) is 2. The molecule has 1 atom stereocenters. The maximum Gasteiger partial charge on any atom is 0.107 e. The summed E-state index contributed by atoms with van der Waals surface area (Å²) in [4.78, 5) is 0.431. The molecule has 3 N–H and O–H groups in total. The first-order chi connectivity index (χ1) is 9.10. The van der Waals surface area contributed by atoms with E-state index in [2.05, 4.69) is 35.1 Å². The lowest BCUT2D eigenvalue weighted by Gasteiger charge is -2.21. The molecule has 1 unspecified atom stereocenters. The fraction of sp³-hybridized carbons (Fsp3) is 0.533. The van der Waals surface area contributed by atoms with Crippen LogP contribution in [0.1, 0.15) is 51.5 Å². The molecule has 0 heterocycles. The molecule has 1 aromatic carbocycles. The molecule has 0 fully saturated rings. The third kappa shape index (κ3) is 5.11. The van der Waals surface area contributed by atoms with E-state index in [4.69, 9.17) is 18.0 Å². The van der Waals surface area contributed by atoms with E-state index >= 15 is 0 Å². The molecule has 19 heavy (non-hydrogen) atoms. The van der Waals surface area contributed by atoms with Crippen molar-refractivity contribution in [3.8, 4) is 0 Å². The first kappa shape index (κ1) is 16.4. The second kappa shape index (κ2) is 8.54. The number of halogens is 1. The van der Waals surface area contributed by atoms with E-state index in [0.717, 1.165) is 15.7 Å². The molecule has 0 aliphatic rings. The van der Waals surface area contributed by atoms with E-state index in [9.17, 15) is 0 Å². The van der Waals surface area contributed by atoms with E-state index in [1.165, 1.54) is 32.1 Å². The summed E-state index contributed by atoms with van der Waals surface area (Å²) in [5.74, 6) is 0. The lowest BCUT2D eigenvalue weighted by Crippen LogP contribution is -2.22. The van der Waals surface area contributed by atoms with Crippen LogP contribution < -0.4 is 11.1 Å². The van der Waals surface area contributed by atoms with Gasteiger partial charge < -0.3 is 11.1 Å². The second-order valence-corrected chi connectivity index (χ2v) is 6.09. The first-order valence-corrected chi connectivity index (χ1v) is 8.15. The van der Waals surface area contributed by atoms with Crippen LogP contribution in [0.3, 0.4) is 0 Å². The maximum absolute atomic E-state index is 5.83. The van der Waals surface area contributed by atoms with Crippen LogP contribution in [-0.2, 0) is 0 Å². The normalized spacial score (nSPS) is 12.2. The number of nitrogens with two attached hydrogens (primary N) is 1. The molecule has 1 aromatic rings. The van der Waals surface area contributed by atoms with Gasteiger partial charge >= 0.3 is 0 Å². The van der Waals surface area contributed by atoms with Crippen molar-refractivity contribution in [2.75, 3.05) is 5.32 Å². The van der Waals surface area contributed by atoms with Gasteiger partial charge in [0, 0.05) is 21.8 Å². The Hall–Kier alpha value is -0.610. The zero-order chi connectivity index (χ0) is 14.3. The summed E-state index contributed by atoms with van der Waals surface area (Å²) >= 11 is 8.67. The fourth-order valence-corrected chi connectivity index (χ4v) is 3.13. The molecule has 0 radical (unpaired) electrons. The van der Waals surface area contributed by atoms with Crippen LogP contribution in [0, 0.1) is 0 Å². The summed E-state index contributed by atoms with van der Waals surface area (Å²) in [6.07, 6.45) is 6.01. The number of unbranched alkanes of at least 4 members (excludes halogenated alkanes) is 1. The summed E-state index contributed by atoms with van der Waals surface area (Å²) in [5.41, 5.74) is 7.78. The third-order valence-corrected chi connectivity index (χ3v) is 4.03. The Kier molecular flexibility index (Phi) is 7.39. The summed E-state index contributed by atoms with van der Waals surface area (Å²) in [6, 6.07) is 6.53. The number of nitrogens with one attached hydrogen (secondary N) is 1. The van der Waals surface area contributed by atoms with Crippen LogP contribution in [0.4, 0.5) is 5.69 Å². The number of hydrogen-bond acceptors (Lipinski definition) is 2. The van der Waals surface area contributed by atoms with Gasteiger partial charge in [0.25, 0.3) is 0 Å². The number of anilines is 1. The Morgan fingerprint density at radius 3 is 2.63 bits per heavy atom. The average Bonchev–Trinajstić information content (AvgIpc) is 2.35. The minimum Gasteiger partial charge on any atom is -0.389 e. The highest BCUT2D eigenvalue weighted by molar-refractivity contribution is 9.10. The van der Waals surface area contributed by atoms with Crippen molar-refractivity contribution >= 4 is 38.8 Å². The van der Waals surface area contributed by atoms with Crippen LogP contribution in [0.5, 0.6) is 0 Å². The Labute approximate surface area is 130 Å². The van der Waals surface area contributed by atoms with Crippen LogP contribution in [0.15, 0.2) is 22.7 Å². The van der Waals surface area contributed by atoms with Crippen molar-refractivity contribution in [1.29, 1.82) is 0 Å². The molecular formula is C15H23BrN2S. The first-order valence-electron chi connectivity index (χ1n) is 6.95. The van der Waals surface area contributed by atoms with Gasteiger partial charge in [-0.2, -0.15) is 0 Å². The molecule has 4 heteroatoms. The highest BCUT2D eigenvalue weighted by atomic mass is 79.9. The highest BCUT2D eigenvalue weighted by Crippen LogP contribution is 2.26. The van der Waals surface area contributed by atoms with Gasteiger partial charge in [0.2, 0.25) is 0 Å². The average molecular weight is 343 g/mol. The van der Waals surface area contributed by atoms with Gasteiger partial charge in [0.15, 0.2) is 0 Å². The lowest BCUT2D eigenvalue weighted by molar-refractivity contribution is 0.564. The van der Waals surface area contributed by atoms with Gasteiger partial charge in [0.1, 0.15) is 4.99 Å². The van der Waals surface area contributed by atoms with Crippen LogP contribution in [-0.4, -0.2) is 11.0 Å². The minimum absolute atomic E-state index is 0.431. The van der Waals surface area contributed by atoms with E-state index in [-0.39, 0.29) is 0 Å². The van der Waals surface area contributed by atoms with Crippen molar-refractivity contribution in [1.82, 2.24) is 0 Å². The molecule has 1 rings (SSSR count). The van der Waals surface area contributed by atoms with E-state index in [0.29, 0.717) is 11.0 Å². The van der Waals surface area contributed by atoms with Crippen molar-refractivity contribution in [2.24, 2.45) is 5.73 Å². The quantitative estimate of drug-likeness (QED) is 0.663. The summed E-state index contributed by atoms with van der Waals surface area (Å²) < 4.78 is 0.954. The Balaban J connectivity index is 2.89. The monoisotopic (exact) mass is 342 g/mol. The van der Waals surface area contributed by atoms with E-state index in [1.54, 1.807) is 0 Å². The summed E-state index contributed by atoms with van der Waals surface area (Å²) in [5, 5.41) is 3.61. The zero-order valence-electron chi connectivity index (χ0n) is 11.7. The van der Waals surface area contributed by atoms with Gasteiger partial charge in [-0.3, -0.25) is 0 Å². The molecule has 0 saturated heterocycles. The predicted molar refractivity (Wildman–Crippen MR) is 91.9 cm³/mol. The van der Waals surface area contributed by atoms with Crippen molar-refractivity contribution in [2.45, 2.75) is 52.0 Å². The van der Waals surface area contributed by atoms with Gasteiger partial charge in [-0.15, -0.1) is 0 Å². The van der Waals surface area contributed by atoms with Crippen LogP contribution >= 0.6 is 28.1 Å². The molecule has 0 bridgehead atoms. The molecule has 0 aliphatic heterocycles. The molecular weight excluding hydrogens is 320 g/mol.